The number of aromatic nitrogens is 3. The second-order valence-corrected chi connectivity index (χ2v) is 8.61. The molecule has 130 valence electrons. The molecule has 4 aromatic rings. The van der Waals surface area contributed by atoms with Gasteiger partial charge in [0.05, 0.1) is 5.75 Å². The molecule has 26 heavy (non-hydrogen) atoms. The lowest BCUT2D eigenvalue weighted by Gasteiger charge is -2.07. The van der Waals surface area contributed by atoms with Crippen LogP contribution >= 0.6 is 15.9 Å². The van der Waals surface area contributed by atoms with Crippen molar-refractivity contribution >= 4 is 37.0 Å². The minimum atomic E-state index is -3.62. The fourth-order valence-electron chi connectivity index (χ4n) is 2.87. The summed E-state index contributed by atoms with van der Waals surface area (Å²) in [6, 6.07) is 14.7. The molecular weight excluding hydrogens is 414 g/mol. The van der Waals surface area contributed by atoms with Gasteiger partial charge < -0.3 is 0 Å². The number of benzene rings is 1. The van der Waals surface area contributed by atoms with Gasteiger partial charge in [0.1, 0.15) is 0 Å². The molecule has 3 heterocycles. The van der Waals surface area contributed by atoms with Gasteiger partial charge in [0.2, 0.25) is 10.0 Å². The zero-order chi connectivity index (χ0) is 18.1. The van der Waals surface area contributed by atoms with Gasteiger partial charge in [0.25, 0.3) is 0 Å². The number of halogens is 1. The van der Waals surface area contributed by atoms with Gasteiger partial charge >= 0.3 is 0 Å². The SMILES string of the molecule is O=S(=O)(Cc1ccccc1)n1cc(-c2cccnc2)c2cc(Br)cnc21. The van der Waals surface area contributed by atoms with Crippen LogP contribution in [0.3, 0.4) is 0 Å². The van der Waals surface area contributed by atoms with Crippen molar-refractivity contribution in [3.63, 3.8) is 0 Å². The highest BCUT2D eigenvalue weighted by Crippen LogP contribution is 2.32. The molecule has 0 spiro atoms. The van der Waals surface area contributed by atoms with Crippen molar-refractivity contribution < 1.29 is 8.42 Å². The first kappa shape index (κ1) is 16.9. The highest BCUT2D eigenvalue weighted by molar-refractivity contribution is 9.10. The van der Waals surface area contributed by atoms with Crippen molar-refractivity contribution in [2.75, 3.05) is 0 Å². The van der Waals surface area contributed by atoms with Crippen LogP contribution in [0.5, 0.6) is 0 Å². The summed E-state index contributed by atoms with van der Waals surface area (Å²) in [6.07, 6.45) is 6.62. The van der Waals surface area contributed by atoms with Gasteiger partial charge in [0, 0.05) is 45.8 Å². The third-order valence-corrected chi connectivity index (χ3v) is 6.05. The molecule has 0 aliphatic heterocycles. The molecule has 0 aliphatic carbocycles. The average molecular weight is 428 g/mol. The van der Waals surface area contributed by atoms with Crippen molar-refractivity contribution in [2.45, 2.75) is 5.75 Å². The van der Waals surface area contributed by atoms with E-state index in [-0.39, 0.29) is 5.75 Å². The van der Waals surface area contributed by atoms with E-state index in [4.69, 9.17) is 0 Å². The van der Waals surface area contributed by atoms with Crippen LogP contribution < -0.4 is 0 Å². The Bertz CT molecular complexity index is 1170. The maximum Gasteiger partial charge on any atom is 0.244 e. The van der Waals surface area contributed by atoms with E-state index in [0.29, 0.717) is 5.65 Å². The molecule has 0 unspecified atom stereocenters. The van der Waals surface area contributed by atoms with Crippen LogP contribution in [-0.4, -0.2) is 22.4 Å². The molecule has 7 heteroatoms. The molecule has 5 nitrogen and oxygen atoms in total. The lowest BCUT2D eigenvalue weighted by atomic mass is 10.1. The van der Waals surface area contributed by atoms with Crippen molar-refractivity contribution in [3.8, 4) is 11.1 Å². The van der Waals surface area contributed by atoms with E-state index in [1.165, 1.54) is 3.97 Å². The predicted octanol–water partition coefficient (Wildman–Crippen LogP) is 4.24. The van der Waals surface area contributed by atoms with E-state index in [0.717, 1.165) is 26.5 Å². The number of fused-ring (bicyclic) bond motifs is 1. The van der Waals surface area contributed by atoms with Crippen molar-refractivity contribution in [2.24, 2.45) is 0 Å². The summed E-state index contributed by atoms with van der Waals surface area (Å²) in [4.78, 5) is 8.49. The summed E-state index contributed by atoms with van der Waals surface area (Å²) in [5, 5.41) is 0.754. The average Bonchev–Trinajstić information content (AvgIpc) is 3.02. The summed E-state index contributed by atoms with van der Waals surface area (Å²) in [5.74, 6) is -0.0954. The van der Waals surface area contributed by atoms with Gasteiger partial charge in [-0.25, -0.2) is 17.4 Å². The minimum absolute atomic E-state index is 0.0954. The van der Waals surface area contributed by atoms with E-state index in [2.05, 4.69) is 25.9 Å². The van der Waals surface area contributed by atoms with Crippen LogP contribution in [0.1, 0.15) is 5.56 Å². The van der Waals surface area contributed by atoms with E-state index >= 15 is 0 Å². The first-order valence-electron chi connectivity index (χ1n) is 7.89. The quantitative estimate of drug-likeness (QED) is 0.488. The molecule has 0 saturated carbocycles. The first-order chi connectivity index (χ1) is 12.5. The van der Waals surface area contributed by atoms with Crippen molar-refractivity contribution in [3.05, 3.63) is 83.4 Å². The second kappa shape index (κ2) is 6.66. The normalized spacial score (nSPS) is 11.7. The van der Waals surface area contributed by atoms with E-state index in [9.17, 15) is 8.42 Å². The van der Waals surface area contributed by atoms with Gasteiger partial charge in [-0.15, -0.1) is 0 Å². The minimum Gasteiger partial charge on any atom is -0.264 e. The number of hydrogen-bond donors (Lipinski definition) is 0. The zero-order valence-electron chi connectivity index (χ0n) is 13.6. The Morgan fingerprint density at radius 1 is 1.04 bits per heavy atom. The van der Waals surface area contributed by atoms with Crippen molar-refractivity contribution in [1.82, 2.24) is 13.9 Å². The van der Waals surface area contributed by atoms with Crippen LogP contribution in [0.15, 0.2) is 77.8 Å². The summed E-state index contributed by atoms with van der Waals surface area (Å²) < 4.78 is 28.1. The Morgan fingerprint density at radius 3 is 2.58 bits per heavy atom. The fraction of sp³-hybridized carbons (Fsp3) is 0.0526. The molecule has 0 atom stereocenters. The maximum atomic E-state index is 13.0. The molecule has 0 fully saturated rings. The zero-order valence-corrected chi connectivity index (χ0v) is 16.0. The number of hydrogen-bond acceptors (Lipinski definition) is 4. The standard InChI is InChI=1S/C19H14BrN3O2S/c20-16-9-17-18(15-7-4-8-21-10-15)12-23(19(17)22-11-16)26(24,25)13-14-5-2-1-3-6-14/h1-12H,13H2. The molecule has 4 rings (SSSR count). The van der Waals surface area contributed by atoms with Gasteiger partial charge in [-0.2, -0.15) is 0 Å². The van der Waals surface area contributed by atoms with E-state index < -0.39 is 10.0 Å². The monoisotopic (exact) mass is 427 g/mol. The summed E-state index contributed by atoms with van der Waals surface area (Å²) in [7, 11) is -3.62. The number of nitrogens with zero attached hydrogens (tertiary/aromatic N) is 3. The number of rotatable bonds is 4. The molecule has 0 bridgehead atoms. The van der Waals surface area contributed by atoms with Crippen LogP contribution in [0.25, 0.3) is 22.2 Å². The topological polar surface area (TPSA) is 64.8 Å². The smallest absolute Gasteiger partial charge is 0.244 e. The van der Waals surface area contributed by atoms with Crippen LogP contribution in [0.4, 0.5) is 0 Å². The highest BCUT2D eigenvalue weighted by Gasteiger charge is 2.21. The molecule has 0 radical (unpaired) electrons. The molecule has 0 amide bonds. The lowest BCUT2D eigenvalue weighted by Crippen LogP contribution is -2.14. The lowest BCUT2D eigenvalue weighted by molar-refractivity contribution is 0.588. The van der Waals surface area contributed by atoms with E-state index in [1.54, 1.807) is 36.9 Å². The van der Waals surface area contributed by atoms with Crippen molar-refractivity contribution in [1.29, 1.82) is 0 Å². The van der Waals surface area contributed by atoms with Crippen LogP contribution in [-0.2, 0) is 15.8 Å². The fourth-order valence-corrected chi connectivity index (χ4v) is 4.63. The maximum absolute atomic E-state index is 13.0. The van der Waals surface area contributed by atoms with E-state index in [1.807, 2.05) is 36.4 Å². The third-order valence-electron chi connectivity index (χ3n) is 4.04. The summed E-state index contributed by atoms with van der Waals surface area (Å²) in [6.45, 7) is 0. The Labute approximate surface area is 159 Å². The first-order valence-corrected chi connectivity index (χ1v) is 10.3. The van der Waals surface area contributed by atoms with Gasteiger partial charge in [0.15, 0.2) is 5.65 Å². The third kappa shape index (κ3) is 3.15. The molecule has 0 N–H and O–H groups in total. The molecular formula is C19H14BrN3O2S. The summed E-state index contributed by atoms with van der Waals surface area (Å²) in [5.41, 5.74) is 2.75. The van der Waals surface area contributed by atoms with Gasteiger partial charge in [-0.05, 0) is 33.6 Å². The Balaban J connectivity index is 1.91. The van der Waals surface area contributed by atoms with Crippen LogP contribution in [0.2, 0.25) is 0 Å². The largest absolute Gasteiger partial charge is 0.264 e. The Morgan fingerprint density at radius 2 is 1.85 bits per heavy atom. The molecule has 0 aliphatic rings. The molecule has 0 saturated heterocycles. The number of pyridine rings is 2. The second-order valence-electron chi connectivity index (χ2n) is 5.85. The van der Waals surface area contributed by atoms with Gasteiger partial charge in [-0.3, -0.25) is 4.98 Å². The molecule has 3 aromatic heterocycles. The van der Waals surface area contributed by atoms with Crippen LogP contribution in [0, 0.1) is 0 Å². The Kier molecular flexibility index (Phi) is 4.34. The highest BCUT2D eigenvalue weighted by atomic mass is 79.9. The molecule has 1 aromatic carbocycles. The summed E-state index contributed by atoms with van der Waals surface area (Å²) >= 11 is 3.42. The Hall–Kier alpha value is -2.51. The predicted molar refractivity (Wildman–Crippen MR) is 105 cm³/mol. The van der Waals surface area contributed by atoms with Gasteiger partial charge in [-0.1, -0.05) is 36.4 Å².